The molecule has 0 aliphatic carbocycles. The van der Waals surface area contributed by atoms with Crippen LogP contribution in [0, 0.1) is 0 Å². The molecule has 0 saturated heterocycles. The molecule has 2 aromatic carbocycles. The monoisotopic (exact) mass is 420 g/mol. The normalized spacial score (nSPS) is 12.4. The molecule has 0 radical (unpaired) electrons. The minimum absolute atomic E-state index is 0.179. The molecular weight excluding hydrogens is 392 g/mol. The summed E-state index contributed by atoms with van der Waals surface area (Å²) in [6, 6.07) is 13.3. The SMILES string of the molecule is CCN(CC)S(=O)(=O)c1ccc(OCC(=O)NC(C)c2ccccc2OC)cc1. The zero-order valence-electron chi connectivity index (χ0n) is 17.2. The van der Waals surface area contributed by atoms with Crippen LogP contribution in [0.4, 0.5) is 0 Å². The van der Waals surface area contributed by atoms with E-state index < -0.39 is 10.0 Å². The molecule has 8 heteroatoms. The first-order valence-corrected chi connectivity index (χ1v) is 10.9. The molecule has 1 atom stereocenters. The van der Waals surface area contributed by atoms with Gasteiger partial charge in [0.05, 0.1) is 18.0 Å². The first-order chi connectivity index (χ1) is 13.8. The number of nitrogens with one attached hydrogen (secondary N) is 1. The summed E-state index contributed by atoms with van der Waals surface area (Å²) in [6.45, 7) is 6.08. The van der Waals surface area contributed by atoms with E-state index in [-0.39, 0.29) is 23.5 Å². The van der Waals surface area contributed by atoms with Gasteiger partial charge in [-0.25, -0.2) is 8.42 Å². The van der Waals surface area contributed by atoms with Crippen molar-refractivity contribution >= 4 is 15.9 Å². The lowest BCUT2D eigenvalue weighted by atomic mass is 10.1. The Morgan fingerprint density at radius 1 is 1.07 bits per heavy atom. The van der Waals surface area contributed by atoms with Crippen molar-refractivity contribution in [1.82, 2.24) is 9.62 Å². The third kappa shape index (κ3) is 5.71. The summed E-state index contributed by atoms with van der Waals surface area (Å²) in [6.07, 6.45) is 0. The van der Waals surface area contributed by atoms with Crippen LogP contribution in [0.1, 0.15) is 32.4 Å². The molecule has 0 bridgehead atoms. The number of methoxy groups -OCH3 is 1. The van der Waals surface area contributed by atoms with E-state index in [0.29, 0.717) is 24.6 Å². The predicted octanol–water partition coefficient (Wildman–Crippen LogP) is 2.98. The highest BCUT2D eigenvalue weighted by molar-refractivity contribution is 7.89. The lowest BCUT2D eigenvalue weighted by Crippen LogP contribution is -2.31. The zero-order valence-corrected chi connectivity index (χ0v) is 18.0. The molecule has 0 aromatic heterocycles. The van der Waals surface area contributed by atoms with Gasteiger partial charge < -0.3 is 14.8 Å². The van der Waals surface area contributed by atoms with Crippen LogP contribution in [-0.2, 0) is 14.8 Å². The minimum atomic E-state index is -3.52. The Morgan fingerprint density at radius 2 is 1.69 bits per heavy atom. The van der Waals surface area contributed by atoms with Gasteiger partial charge >= 0.3 is 0 Å². The summed E-state index contributed by atoms with van der Waals surface area (Å²) in [4.78, 5) is 12.4. The van der Waals surface area contributed by atoms with E-state index in [1.165, 1.54) is 16.4 Å². The van der Waals surface area contributed by atoms with Crippen molar-refractivity contribution in [3.05, 3.63) is 54.1 Å². The van der Waals surface area contributed by atoms with Crippen molar-refractivity contribution in [3.8, 4) is 11.5 Å². The summed E-state index contributed by atoms with van der Waals surface area (Å²) in [5.41, 5.74) is 0.870. The number of nitrogens with zero attached hydrogens (tertiary/aromatic N) is 1. The molecule has 0 spiro atoms. The van der Waals surface area contributed by atoms with Crippen LogP contribution in [0.15, 0.2) is 53.4 Å². The number of sulfonamides is 1. The van der Waals surface area contributed by atoms with E-state index in [0.717, 1.165) is 5.56 Å². The molecule has 1 N–H and O–H groups in total. The van der Waals surface area contributed by atoms with Gasteiger partial charge in [0.15, 0.2) is 6.61 Å². The lowest BCUT2D eigenvalue weighted by molar-refractivity contribution is -0.123. The second kappa shape index (κ2) is 10.3. The van der Waals surface area contributed by atoms with Crippen LogP contribution < -0.4 is 14.8 Å². The topological polar surface area (TPSA) is 84.9 Å². The number of amides is 1. The van der Waals surface area contributed by atoms with Gasteiger partial charge in [-0.15, -0.1) is 0 Å². The van der Waals surface area contributed by atoms with Crippen molar-refractivity contribution in [2.45, 2.75) is 31.7 Å². The van der Waals surface area contributed by atoms with Crippen LogP contribution in [0.5, 0.6) is 11.5 Å². The Labute approximate surface area is 172 Å². The number of benzene rings is 2. The summed E-state index contributed by atoms with van der Waals surface area (Å²) >= 11 is 0. The lowest BCUT2D eigenvalue weighted by Gasteiger charge is -2.19. The fourth-order valence-electron chi connectivity index (χ4n) is 2.95. The van der Waals surface area contributed by atoms with Crippen molar-refractivity contribution < 1.29 is 22.7 Å². The van der Waals surface area contributed by atoms with E-state index in [9.17, 15) is 13.2 Å². The third-order valence-corrected chi connectivity index (χ3v) is 6.58. The fourth-order valence-corrected chi connectivity index (χ4v) is 4.41. The molecule has 29 heavy (non-hydrogen) atoms. The Hall–Kier alpha value is -2.58. The summed E-state index contributed by atoms with van der Waals surface area (Å²) in [5, 5.41) is 2.86. The van der Waals surface area contributed by atoms with Gasteiger partial charge in [0, 0.05) is 18.7 Å². The maximum Gasteiger partial charge on any atom is 0.258 e. The van der Waals surface area contributed by atoms with Crippen molar-refractivity contribution in [3.63, 3.8) is 0 Å². The summed E-state index contributed by atoms with van der Waals surface area (Å²) in [5.74, 6) is 0.832. The van der Waals surface area contributed by atoms with E-state index in [1.807, 2.05) is 31.2 Å². The number of para-hydroxylation sites is 1. The number of carbonyl (C=O) groups is 1. The molecule has 0 aliphatic heterocycles. The van der Waals surface area contributed by atoms with Gasteiger partial charge in [-0.05, 0) is 37.3 Å². The van der Waals surface area contributed by atoms with Crippen LogP contribution in [0.3, 0.4) is 0 Å². The average molecular weight is 421 g/mol. The molecule has 0 saturated carbocycles. The highest BCUT2D eigenvalue weighted by Crippen LogP contribution is 2.24. The zero-order chi connectivity index (χ0) is 21.4. The quantitative estimate of drug-likeness (QED) is 0.639. The largest absolute Gasteiger partial charge is 0.496 e. The Bertz CT molecular complexity index is 909. The smallest absolute Gasteiger partial charge is 0.258 e. The van der Waals surface area contributed by atoms with Gasteiger partial charge in [-0.3, -0.25) is 4.79 Å². The summed E-state index contributed by atoms with van der Waals surface area (Å²) < 4.78 is 37.2. The van der Waals surface area contributed by atoms with Gasteiger partial charge in [0.2, 0.25) is 10.0 Å². The maximum absolute atomic E-state index is 12.5. The van der Waals surface area contributed by atoms with Gasteiger partial charge in [0.25, 0.3) is 5.91 Å². The fraction of sp³-hybridized carbons (Fsp3) is 0.381. The minimum Gasteiger partial charge on any atom is -0.496 e. The Morgan fingerprint density at radius 3 is 2.28 bits per heavy atom. The second-order valence-corrected chi connectivity index (χ2v) is 8.32. The first kappa shape index (κ1) is 22.7. The molecule has 2 aromatic rings. The molecule has 7 nitrogen and oxygen atoms in total. The third-order valence-electron chi connectivity index (χ3n) is 4.52. The van der Waals surface area contributed by atoms with Crippen LogP contribution in [0.25, 0.3) is 0 Å². The molecule has 0 heterocycles. The second-order valence-electron chi connectivity index (χ2n) is 6.38. The Balaban J connectivity index is 1.95. The number of rotatable bonds is 10. The molecule has 2 rings (SSSR count). The van der Waals surface area contributed by atoms with E-state index in [2.05, 4.69) is 5.32 Å². The van der Waals surface area contributed by atoms with Crippen molar-refractivity contribution in [2.75, 3.05) is 26.8 Å². The molecule has 1 amide bonds. The molecule has 1 unspecified atom stereocenters. The highest BCUT2D eigenvalue weighted by atomic mass is 32.2. The summed E-state index contributed by atoms with van der Waals surface area (Å²) in [7, 11) is -1.93. The maximum atomic E-state index is 12.5. The standard InChI is InChI=1S/C21H28N2O5S/c1-5-23(6-2)29(25,26)18-13-11-17(12-14-18)28-15-21(24)22-16(3)19-9-7-8-10-20(19)27-4/h7-14,16H,5-6,15H2,1-4H3,(H,22,24). The van der Waals surface area contributed by atoms with Crippen LogP contribution >= 0.6 is 0 Å². The van der Waals surface area contributed by atoms with Crippen LogP contribution in [-0.4, -0.2) is 45.4 Å². The van der Waals surface area contributed by atoms with Gasteiger partial charge in [-0.2, -0.15) is 4.31 Å². The van der Waals surface area contributed by atoms with Gasteiger partial charge in [-0.1, -0.05) is 32.0 Å². The van der Waals surface area contributed by atoms with E-state index in [1.54, 1.807) is 33.1 Å². The molecule has 0 fully saturated rings. The number of carbonyl (C=O) groups excluding carboxylic acids is 1. The first-order valence-electron chi connectivity index (χ1n) is 9.48. The van der Waals surface area contributed by atoms with Crippen molar-refractivity contribution in [1.29, 1.82) is 0 Å². The van der Waals surface area contributed by atoms with E-state index >= 15 is 0 Å². The van der Waals surface area contributed by atoms with Crippen molar-refractivity contribution in [2.24, 2.45) is 0 Å². The van der Waals surface area contributed by atoms with E-state index in [4.69, 9.17) is 9.47 Å². The number of hydrogen-bond donors (Lipinski definition) is 1. The molecule has 158 valence electrons. The average Bonchev–Trinajstić information content (AvgIpc) is 2.73. The molecule has 0 aliphatic rings. The predicted molar refractivity (Wildman–Crippen MR) is 112 cm³/mol. The highest BCUT2D eigenvalue weighted by Gasteiger charge is 2.21. The number of ether oxygens (including phenoxy) is 2. The number of hydrogen-bond acceptors (Lipinski definition) is 5. The van der Waals surface area contributed by atoms with Gasteiger partial charge in [0.1, 0.15) is 11.5 Å². The van der Waals surface area contributed by atoms with Crippen LogP contribution in [0.2, 0.25) is 0 Å². The Kier molecular flexibility index (Phi) is 8.04. The molecular formula is C21H28N2O5S.